The first-order chi connectivity index (χ1) is 11.1. The van der Waals surface area contributed by atoms with Gasteiger partial charge in [-0.3, -0.25) is 0 Å². The van der Waals surface area contributed by atoms with Crippen LogP contribution in [0.3, 0.4) is 0 Å². The molecule has 3 N–H and O–H groups in total. The number of aliphatic hydroxyl groups excluding tert-OH is 2. The number of rotatable bonds is 18. The molecule has 0 saturated carbocycles. The molecule has 0 aromatic rings. The normalized spacial score (nSPS) is 14.1. The molecule has 23 heavy (non-hydrogen) atoms. The van der Waals surface area contributed by atoms with Crippen molar-refractivity contribution in [2.75, 3.05) is 13.2 Å². The van der Waals surface area contributed by atoms with E-state index in [1.165, 1.54) is 83.5 Å². The molecule has 0 fully saturated rings. The highest BCUT2D eigenvalue weighted by Crippen LogP contribution is 2.16. The quantitative estimate of drug-likeness (QED) is 0.311. The minimum Gasteiger partial charge on any atom is -0.396 e. The molecule has 0 saturated heterocycles. The van der Waals surface area contributed by atoms with E-state index >= 15 is 0 Å². The van der Waals surface area contributed by atoms with Crippen molar-refractivity contribution in [2.24, 2.45) is 0 Å². The van der Waals surface area contributed by atoms with Gasteiger partial charge in [0.2, 0.25) is 0 Å². The Kier molecular flexibility index (Phi) is 16.6. The van der Waals surface area contributed by atoms with Crippen LogP contribution >= 0.6 is 0 Å². The second kappa shape index (κ2) is 16.7. The second-order valence-corrected chi connectivity index (χ2v) is 7.43. The zero-order chi connectivity index (χ0) is 17.2. The lowest BCUT2D eigenvalue weighted by Gasteiger charge is -2.19. The predicted molar refractivity (Wildman–Crippen MR) is 98.7 cm³/mol. The van der Waals surface area contributed by atoms with Gasteiger partial charge in [-0.1, -0.05) is 89.9 Å². The summed E-state index contributed by atoms with van der Waals surface area (Å²) in [6.45, 7) is 1.93. The van der Waals surface area contributed by atoms with Crippen LogP contribution in [0.15, 0.2) is 0 Å². The van der Waals surface area contributed by atoms with E-state index in [0.717, 1.165) is 12.8 Å². The van der Waals surface area contributed by atoms with E-state index in [0.29, 0.717) is 13.0 Å². The van der Waals surface area contributed by atoms with Crippen LogP contribution in [0.2, 0.25) is 0 Å². The molecule has 0 heterocycles. The standard InChI is InChI=1S/C20H42O3/c1-20(23,19-22)17-15-13-11-9-7-5-3-2-4-6-8-10-12-14-16-18-21/h21-23H,2-19H2,1H3. The van der Waals surface area contributed by atoms with E-state index < -0.39 is 5.60 Å². The van der Waals surface area contributed by atoms with E-state index in [9.17, 15) is 5.11 Å². The van der Waals surface area contributed by atoms with Crippen molar-refractivity contribution < 1.29 is 15.3 Å². The lowest BCUT2D eigenvalue weighted by Crippen LogP contribution is -2.28. The van der Waals surface area contributed by atoms with Crippen LogP contribution in [-0.2, 0) is 0 Å². The molecule has 0 radical (unpaired) electrons. The molecule has 0 aromatic carbocycles. The average molecular weight is 331 g/mol. The first-order valence-corrected chi connectivity index (χ1v) is 10.1. The largest absolute Gasteiger partial charge is 0.396 e. The summed E-state index contributed by atoms with van der Waals surface area (Å²) < 4.78 is 0. The summed E-state index contributed by atoms with van der Waals surface area (Å²) >= 11 is 0. The predicted octanol–water partition coefficient (Wildman–Crippen LogP) is 4.96. The van der Waals surface area contributed by atoms with Gasteiger partial charge in [-0.2, -0.15) is 0 Å². The smallest absolute Gasteiger partial charge is 0.0849 e. The number of aliphatic hydroxyl groups is 3. The Hall–Kier alpha value is -0.120. The van der Waals surface area contributed by atoms with Gasteiger partial charge >= 0.3 is 0 Å². The van der Waals surface area contributed by atoms with Crippen LogP contribution in [0.5, 0.6) is 0 Å². The van der Waals surface area contributed by atoms with Crippen molar-refractivity contribution >= 4 is 0 Å². The van der Waals surface area contributed by atoms with E-state index in [-0.39, 0.29) is 6.61 Å². The molecule has 140 valence electrons. The summed E-state index contributed by atoms with van der Waals surface area (Å²) in [5.41, 5.74) is -0.876. The van der Waals surface area contributed by atoms with E-state index in [1.54, 1.807) is 6.92 Å². The van der Waals surface area contributed by atoms with Gasteiger partial charge in [0.05, 0.1) is 12.2 Å². The van der Waals surface area contributed by atoms with Crippen LogP contribution in [-0.4, -0.2) is 34.1 Å². The molecule has 0 aliphatic heterocycles. The molecular formula is C20H42O3. The van der Waals surface area contributed by atoms with Crippen molar-refractivity contribution in [3.05, 3.63) is 0 Å². The molecule has 0 rings (SSSR count). The van der Waals surface area contributed by atoms with Crippen LogP contribution in [0.25, 0.3) is 0 Å². The Labute approximate surface area is 144 Å². The van der Waals surface area contributed by atoms with Crippen LogP contribution in [0, 0.1) is 0 Å². The fraction of sp³-hybridized carbons (Fsp3) is 1.00. The first-order valence-electron chi connectivity index (χ1n) is 10.1. The summed E-state index contributed by atoms with van der Waals surface area (Å²) in [7, 11) is 0. The molecule has 1 atom stereocenters. The molecule has 0 aromatic heterocycles. The monoisotopic (exact) mass is 330 g/mol. The van der Waals surface area contributed by atoms with E-state index in [1.807, 2.05) is 0 Å². The molecule has 3 heteroatoms. The van der Waals surface area contributed by atoms with E-state index in [2.05, 4.69) is 0 Å². The maximum atomic E-state index is 9.68. The van der Waals surface area contributed by atoms with Crippen molar-refractivity contribution in [1.82, 2.24) is 0 Å². The minimum absolute atomic E-state index is 0.129. The Morgan fingerprint density at radius 3 is 1.13 bits per heavy atom. The highest BCUT2D eigenvalue weighted by molar-refractivity contribution is 4.70. The maximum absolute atomic E-state index is 9.68. The molecular weight excluding hydrogens is 288 g/mol. The highest BCUT2D eigenvalue weighted by Gasteiger charge is 2.17. The van der Waals surface area contributed by atoms with Crippen molar-refractivity contribution in [3.63, 3.8) is 0 Å². The third kappa shape index (κ3) is 18.1. The summed E-state index contributed by atoms with van der Waals surface area (Å²) in [4.78, 5) is 0. The fourth-order valence-electron chi connectivity index (χ4n) is 2.99. The van der Waals surface area contributed by atoms with Crippen LogP contribution < -0.4 is 0 Å². The van der Waals surface area contributed by atoms with Gasteiger partial charge in [0.1, 0.15) is 0 Å². The summed E-state index contributed by atoms with van der Waals surface area (Å²) in [5, 5.41) is 27.3. The van der Waals surface area contributed by atoms with Gasteiger partial charge < -0.3 is 15.3 Å². The van der Waals surface area contributed by atoms with Crippen LogP contribution in [0.1, 0.15) is 110 Å². The van der Waals surface area contributed by atoms with E-state index in [4.69, 9.17) is 10.2 Å². The Balaban J connectivity index is 3.05. The Morgan fingerprint density at radius 2 is 0.826 bits per heavy atom. The second-order valence-electron chi connectivity index (χ2n) is 7.43. The summed E-state index contributed by atoms with van der Waals surface area (Å²) in [5.74, 6) is 0. The molecule has 0 bridgehead atoms. The highest BCUT2D eigenvalue weighted by atomic mass is 16.3. The van der Waals surface area contributed by atoms with Gasteiger partial charge in [-0.25, -0.2) is 0 Å². The number of unbranched alkanes of at least 4 members (excludes halogenated alkanes) is 14. The third-order valence-electron chi connectivity index (χ3n) is 4.71. The molecule has 0 spiro atoms. The van der Waals surface area contributed by atoms with Crippen molar-refractivity contribution in [2.45, 2.75) is 115 Å². The number of hydrogen-bond acceptors (Lipinski definition) is 3. The number of hydrogen-bond donors (Lipinski definition) is 3. The lowest BCUT2D eigenvalue weighted by molar-refractivity contribution is -0.00695. The Bertz CT molecular complexity index is 229. The third-order valence-corrected chi connectivity index (χ3v) is 4.71. The minimum atomic E-state index is -0.876. The molecule has 0 aliphatic rings. The lowest BCUT2D eigenvalue weighted by atomic mass is 9.98. The van der Waals surface area contributed by atoms with Crippen LogP contribution in [0.4, 0.5) is 0 Å². The molecule has 0 amide bonds. The maximum Gasteiger partial charge on any atom is 0.0849 e. The zero-order valence-corrected chi connectivity index (χ0v) is 15.6. The van der Waals surface area contributed by atoms with Gasteiger partial charge in [-0.15, -0.1) is 0 Å². The Morgan fingerprint density at radius 1 is 0.522 bits per heavy atom. The molecule has 0 aliphatic carbocycles. The summed E-state index contributed by atoms with van der Waals surface area (Å²) in [6, 6.07) is 0. The summed E-state index contributed by atoms with van der Waals surface area (Å²) in [6.07, 6.45) is 19.9. The zero-order valence-electron chi connectivity index (χ0n) is 15.6. The van der Waals surface area contributed by atoms with Gasteiger partial charge in [0, 0.05) is 6.61 Å². The fourth-order valence-corrected chi connectivity index (χ4v) is 2.99. The average Bonchev–Trinajstić information content (AvgIpc) is 2.54. The van der Waals surface area contributed by atoms with Crippen molar-refractivity contribution in [1.29, 1.82) is 0 Å². The molecule has 1 unspecified atom stereocenters. The van der Waals surface area contributed by atoms with Gasteiger partial charge in [-0.05, 0) is 19.8 Å². The SMILES string of the molecule is CC(O)(CO)CCCCCCCCCCCCCCCCCO. The molecule has 3 nitrogen and oxygen atoms in total. The van der Waals surface area contributed by atoms with Crippen molar-refractivity contribution in [3.8, 4) is 0 Å². The van der Waals surface area contributed by atoms with Gasteiger partial charge in [0.15, 0.2) is 0 Å². The topological polar surface area (TPSA) is 60.7 Å². The first kappa shape index (κ1) is 22.9. The van der Waals surface area contributed by atoms with Gasteiger partial charge in [0.25, 0.3) is 0 Å².